The zero-order valence-corrected chi connectivity index (χ0v) is 11.7. The molecule has 0 spiro atoms. The predicted octanol–water partition coefficient (Wildman–Crippen LogP) is 2.99. The maximum absolute atomic E-state index is 4.63. The minimum Gasteiger partial charge on any atom is -0.352 e. The lowest BCUT2D eigenvalue weighted by atomic mass is 10.2. The Balaban J connectivity index is 1.77. The Morgan fingerprint density at radius 1 is 1.00 bits per heavy atom. The van der Waals surface area contributed by atoms with E-state index in [9.17, 15) is 0 Å². The molecule has 0 radical (unpaired) electrons. The van der Waals surface area contributed by atoms with Crippen molar-refractivity contribution < 1.29 is 0 Å². The van der Waals surface area contributed by atoms with Crippen molar-refractivity contribution in [3.63, 3.8) is 0 Å². The minimum absolute atomic E-state index is 0.824. The average Bonchev–Trinajstić information content (AvgIpc) is 2.59. The van der Waals surface area contributed by atoms with Gasteiger partial charge >= 0.3 is 0 Å². The van der Waals surface area contributed by atoms with Crippen molar-refractivity contribution in [2.24, 2.45) is 5.10 Å². The van der Waals surface area contributed by atoms with Crippen LogP contribution in [-0.4, -0.2) is 15.0 Å². The highest BCUT2D eigenvalue weighted by Crippen LogP contribution is 2.18. The molecule has 1 aliphatic carbocycles. The smallest absolute Gasteiger partial charge is 0.0874 e. The van der Waals surface area contributed by atoms with E-state index in [2.05, 4.69) is 25.5 Å². The van der Waals surface area contributed by atoms with E-state index in [0.717, 1.165) is 33.5 Å². The minimum atomic E-state index is 0.824. The molecule has 106 valence electrons. The normalized spacial score (nSPS) is 11.9. The van der Waals surface area contributed by atoms with Crippen molar-refractivity contribution in [2.45, 2.75) is 0 Å². The van der Waals surface area contributed by atoms with Crippen LogP contribution in [-0.2, 0) is 0 Å². The lowest BCUT2D eigenvalue weighted by Crippen LogP contribution is -2.07. The van der Waals surface area contributed by atoms with Crippen LogP contribution in [0.25, 0.3) is 22.4 Å². The van der Waals surface area contributed by atoms with Gasteiger partial charge < -0.3 is 4.98 Å². The number of pyridine rings is 1. The molecule has 0 atom stereocenters. The van der Waals surface area contributed by atoms with Crippen molar-refractivity contribution in [1.82, 2.24) is 15.0 Å². The molecule has 4 rings (SSSR count). The van der Waals surface area contributed by atoms with Crippen LogP contribution in [0.4, 0.5) is 5.69 Å². The Bertz CT molecular complexity index is 959. The first-order chi connectivity index (χ1) is 10.9. The average molecular weight is 287 g/mol. The van der Waals surface area contributed by atoms with E-state index >= 15 is 0 Å². The number of aromatic nitrogens is 3. The summed E-state index contributed by atoms with van der Waals surface area (Å²) in [4.78, 5) is 12.1. The fourth-order valence-corrected chi connectivity index (χ4v) is 2.30. The van der Waals surface area contributed by atoms with Crippen LogP contribution in [0.5, 0.6) is 0 Å². The summed E-state index contributed by atoms with van der Waals surface area (Å²) in [6, 6.07) is 17.6. The molecule has 2 heterocycles. The van der Waals surface area contributed by atoms with Crippen LogP contribution in [0.2, 0.25) is 0 Å². The van der Waals surface area contributed by atoms with Crippen molar-refractivity contribution in [1.29, 1.82) is 0 Å². The van der Waals surface area contributed by atoms with Gasteiger partial charge in [-0.1, -0.05) is 12.1 Å². The molecule has 2 N–H and O–H groups in total. The number of nitrogens with zero attached hydrogens (tertiary/aromatic N) is 3. The summed E-state index contributed by atoms with van der Waals surface area (Å²) in [6.45, 7) is 0. The van der Waals surface area contributed by atoms with Gasteiger partial charge in [0.05, 0.1) is 39.7 Å². The van der Waals surface area contributed by atoms with Gasteiger partial charge in [-0.05, 0) is 42.5 Å². The van der Waals surface area contributed by atoms with Crippen molar-refractivity contribution in [3.05, 3.63) is 72.3 Å². The topological polar surface area (TPSA) is 66.0 Å². The third kappa shape index (κ3) is 2.40. The fraction of sp³-hybridized carbons (Fsp3) is 0. The summed E-state index contributed by atoms with van der Waals surface area (Å²) in [5.74, 6) is 0. The van der Waals surface area contributed by atoms with Crippen LogP contribution >= 0.6 is 0 Å². The largest absolute Gasteiger partial charge is 0.352 e. The fourth-order valence-electron chi connectivity index (χ4n) is 2.30. The maximum Gasteiger partial charge on any atom is 0.0874 e. The third-order valence-corrected chi connectivity index (χ3v) is 3.37. The van der Waals surface area contributed by atoms with Crippen LogP contribution in [0.1, 0.15) is 0 Å². The van der Waals surface area contributed by atoms with Gasteiger partial charge in [0.2, 0.25) is 0 Å². The zero-order chi connectivity index (χ0) is 14.8. The van der Waals surface area contributed by atoms with E-state index in [0.29, 0.717) is 0 Å². The number of hydrogen-bond acceptors (Lipinski definition) is 4. The van der Waals surface area contributed by atoms with Gasteiger partial charge in [-0.25, -0.2) is 4.98 Å². The quantitative estimate of drug-likeness (QED) is 0.440. The van der Waals surface area contributed by atoms with Gasteiger partial charge in [-0.15, -0.1) is 0 Å². The number of rotatable bonds is 2. The molecule has 0 unspecified atom stereocenters. The number of H-pyrrole nitrogens is 1. The van der Waals surface area contributed by atoms with Crippen molar-refractivity contribution in [3.8, 4) is 11.4 Å². The molecule has 1 aromatic carbocycles. The number of benzene rings is 2. The Morgan fingerprint density at radius 3 is 2.86 bits per heavy atom. The molecule has 0 amide bonds. The molecular weight excluding hydrogens is 274 g/mol. The first kappa shape index (κ1) is 12.5. The van der Waals surface area contributed by atoms with Crippen molar-refractivity contribution in [2.75, 3.05) is 5.43 Å². The second-order valence-corrected chi connectivity index (χ2v) is 4.92. The molecule has 1 aliphatic heterocycles. The molecule has 0 saturated heterocycles. The van der Waals surface area contributed by atoms with Gasteiger partial charge in [0, 0.05) is 6.20 Å². The Kier molecular flexibility index (Phi) is 3.01. The van der Waals surface area contributed by atoms with E-state index in [-0.39, 0.29) is 0 Å². The molecule has 5 heteroatoms. The molecule has 22 heavy (non-hydrogen) atoms. The van der Waals surface area contributed by atoms with Gasteiger partial charge in [-0.2, -0.15) is 5.10 Å². The van der Waals surface area contributed by atoms with Crippen LogP contribution in [0.3, 0.4) is 0 Å². The van der Waals surface area contributed by atoms with Gasteiger partial charge in [-0.3, -0.25) is 10.4 Å². The standard InChI is InChI=1S/C17H13N5/c1-2-6-15-14(5-1)19-16-8-7-12(10-17(16)20-15)21-22-13-4-3-9-18-11-13/h1-11,20,22H/b21-12-. The number of fused-ring (bicyclic) bond motifs is 2. The molecular formula is C17H13N5. The summed E-state index contributed by atoms with van der Waals surface area (Å²) < 4.78 is 0. The van der Waals surface area contributed by atoms with E-state index in [1.54, 1.807) is 12.4 Å². The molecule has 0 bridgehead atoms. The van der Waals surface area contributed by atoms with E-state index in [1.807, 2.05) is 54.6 Å². The number of aromatic amines is 1. The Labute approximate surface area is 126 Å². The van der Waals surface area contributed by atoms with Crippen LogP contribution in [0.15, 0.2) is 72.1 Å². The lowest BCUT2D eigenvalue weighted by Gasteiger charge is -2.07. The predicted molar refractivity (Wildman–Crippen MR) is 86.1 cm³/mol. The SMILES string of the molecule is c1cncc(N/N=c2/ccc3nc4ccccc4[nH]c-3c2)c1. The highest BCUT2D eigenvalue weighted by molar-refractivity contribution is 5.78. The second kappa shape index (κ2) is 5.29. The van der Waals surface area contributed by atoms with Gasteiger partial charge in [0.15, 0.2) is 0 Å². The third-order valence-electron chi connectivity index (χ3n) is 3.37. The van der Waals surface area contributed by atoms with E-state index in [1.165, 1.54) is 0 Å². The molecule has 1 aromatic heterocycles. The Hall–Kier alpha value is -3.21. The number of hydrogen-bond donors (Lipinski definition) is 2. The number of nitrogens with one attached hydrogen (secondary N) is 2. The monoisotopic (exact) mass is 287 g/mol. The first-order valence-electron chi connectivity index (χ1n) is 6.97. The van der Waals surface area contributed by atoms with E-state index < -0.39 is 0 Å². The molecule has 5 nitrogen and oxygen atoms in total. The summed E-state index contributed by atoms with van der Waals surface area (Å²) in [5, 5.41) is 5.19. The number of para-hydroxylation sites is 2. The zero-order valence-electron chi connectivity index (χ0n) is 11.7. The summed E-state index contributed by atoms with van der Waals surface area (Å²) in [6.07, 6.45) is 3.46. The second-order valence-electron chi connectivity index (χ2n) is 4.92. The summed E-state index contributed by atoms with van der Waals surface area (Å²) in [7, 11) is 0. The van der Waals surface area contributed by atoms with E-state index in [4.69, 9.17) is 0 Å². The number of anilines is 1. The first-order valence-corrected chi connectivity index (χ1v) is 6.97. The highest BCUT2D eigenvalue weighted by atomic mass is 15.3. The molecule has 0 fully saturated rings. The van der Waals surface area contributed by atoms with Crippen LogP contribution in [0, 0.1) is 0 Å². The van der Waals surface area contributed by atoms with Gasteiger partial charge in [0.1, 0.15) is 0 Å². The highest BCUT2D eigenvalue weighted by Gasteiger charge is 2.05. The Morgan fingerprint density at radius 2 is 1.95 bits per heavy atom. The van der Waals surface area contributed by atoms with Crippen molar-refractivity contribution >= 4 is 16.7 Å². The van der Waals surface area contributed by atoms with Gasteiger partial charge in [0.25, 0.3) is 0 Å². The molecule has 2 aromatic rings. The molecule has 2 aliphatic rings. The maximum atomic E-state index is 4.63. The lowest BCUT2D eigenvalue weighted by molar-refractivity contribution is 1.18. The van der Waals surface area contributed by atoms with Crippen LogP contribution < -0.4 is 10.8 Å². The summed E-state index contributed by atoms with van der Waals surface area (Å²) in [5.41, 5.74) is 7.67. The molecule has 0 saturated carbocycles. The summed E-state index contributed by atoms with van der Waals surface area (Å²) >= 11 is 0.